The highest BCUT2D eigenvalue weighted by Crippen LogP contribution is 2.14. The van der Waals surface area contributed by atoms with Crippen molar-refractivity contribution in [2.24, 2.45) is 4.99 Å². The second-order valence-corrected chi connectivity index (χ2v) is 3.19. The van der Waals surface area contributed by atoms with Gasteiger partial charge in [-0.3, -0.25) is 10.1 Å². The van der Waals surface area contributed by atoms with Gasteiger partial charge in [0.1, 0.15) is 4.92 Å². The van der Waals surface area contributed by atoms with Gasteiger partial charge in [-0.05, 0) is 19.1 Å². The van der Waals surface area contributed by atoms with E-state index >= 15 is 0 Å². The van der Waals surface area contributed by atoms with E-state index < -0.39 is 4.92 Å². The van der Waals surface area contributed by atoms with Crippen molar-refractivity contribution in [2.45, 2.75) is 6.92 Å². The minimum atomic E-state index is -0.611. The quantitative estimate of drug-likeness (QED) is 0.458. The molecule has 7 heteroatoms. The van der Waals surface area contributed by atoms with E-state index in [9.17, 15) is 10.1 Å². The molecule has 0 aromatic carbocycles. The van der Waals surface area contributed by atoms with Gasteiger partial charge in [-0.1, -0.05) is 0 Å². The maximum atomic E-state index is 10.4. The summed E-state index contributed by atoms with van der Waals surface area (Å²) in [4.78, 5) is 21.7. The van der Waals surface area contributed by atoms with Gasteiger partial charge in [0, 0.05) is 11.9 Å². The van der Waals surface area contributed by atoms with E-state index in [-0.39, 0.29) is 17.6 Å². The Morgan fingerprint density at radius 3 is 2.94 bits per heavy atom. The second-order valence-electron chi connectivity index (χ2n) is 3.19. The first-order valence-electron chi connectivity index (χ1n) is 4.73. The topological polar surface area (TPSA) is 94.4 Å². The maximum Gasteiger partial charge on any atom is 0.433 e. The van der Waals surface area contributed by atoms with Gasteiger partial charge in [0.25, 0.3) is 0 Å². The molecular formula is C10H8N4O3. The molecule has 0 atom stereocenters. The van der Waals surface area contributed by atoms with E-state index in [1.807, 2.05) is 6.92 Å². The summed E-state index contributed by atoms with van der Waals surface area (Å²) < 4.78 is 4.89. The summed E-state index contributed by atoms with van der Waals surface area (Å²) in [6.07, 6.45) is 2.92. The van der Waals surface area contributed by atoms with Gasteiger partial charge in [0.05, 0.1) is 12.3 Å². The fraction of sp³-hybridized carbons (Fsp3) is 0.100. The van der Waals surface area contributed by atoms with Gasteiger partial charge in [0.15, 0.2) is 5.76 Å². The van der Waals surface area contributed by atoms with Crippen molar-refractivity contribution < 1.29 is 9.34 Å². The van der Waals surface area contributed by atoms with Crippen molar-refractivity contribution in [3.63, 3.8) is 0 Å². The first-order valence-corrected chi connectivity index (χ1v) is 4.73. The zero-order valence-electron chi connectivity index (χ0n) is 8.90. The van der Waals surface area contributed by atoms with Crippen molar-refractivity contribution >= 4 is 18.0 Å². The smallest absolute Gasteiger partial charge is 0.400 e. The summed E-state index contributed by atoms with van der Waals surface area (Å²) in [6.45, 7) is 1.82. The van der Waals surface area contributed by atoms with Crippen molar-refractivity contribution in [1.82, 2.24) is 9.97 Å². The van der Waals surface area contributed by atoms with Crippen LogP contribution in [0.3, 0.4) is 0 Å². The third-order valence-corrected chi connectivity index (χ3v) is 1.88. The molecule has 2 rings (SSSR count). The summed E-state index contributed by atoms with van der Waals surface area (Å²) in [5.41, 5.74) is 0.789. The molecule has 0 fully saturated rings. The first kappa shape index (κ1) is 10.9. The Labute approximate surface area is 96.0 Å². The van der Waals surface area contributed by atoms with Crippen LogP contribution in [0.1, 0.15) is 11.5 Å². The Morgan fingerprint density at radius 2 is 2.29 bits per heavy atom. The molecule has 86 valence electrons. The van der Waals surface area contributed by atoms with Crippen molar-refractivity contribution in [3.05, 3.63) is 46.0 Å². The minimum Gasteiger partial charge on any atom is -0.400 e. The van der Waals surface area contributed by atoms with E-state index in [1.54, 1.807) is 12.3 Å². The van der Waals surface area contributed by atoms with Gasteiger partial charge in [-0.15, -0.1) is 0 Å². The van der Waals surface area contributed by atoms with E-state index in [0.29, 0.717) is 0 Å². The molecule has 0 spiro atoms. The number of furan rings is 1. The molecule has 0 bridgehead atoms. The SMILES string of the molecule is Cc1ccnc(/N=C/c2ccc([N+](=O)[O-])o2)n1. The summed E-state index contributed by atoms with van der Waals surface area (Å²) in [7, 11) is 0. The summed E-state index contributed by atoms with van der Waals surface area (Å²) >= 11 is 0. The van der Waals surface area contributed by atoms with Crippen molar-refractivity contribution in [3.8, 4) is 0 Å². The molecule has 2 aromatic rings. The largest absolute Gasteiger partial charge is 0.433 e. The standard InChI is InChI=1S/C10H8N4O3/c1-7-4-5-11-10(13-7)12-6-8-2-3-9(17-8)14(15)16/h2-6H,1H3/b12-6+. The Morgan fingerprint density at radius 1 is 1.47 bits per heavy atom. The number of hydrogen-bond donors (Lipinski definition) is 0. The normalized spacial score (nSPS) is 10.9. The number of aliphatic imine (C=N–C) groups is 1. The van der Waals surface area contributed by atoms with Crippen LogP contribution in [-0.2, 0) is 0 Å². The Bertz CT molecular complexity index is 576. The van der Waals surface area contributed by atoms with Crippen LogP contribution in [-0.4, -0.2) is 21.1 Å². The van der Waals surface area contributed by atoms with Crippen molar-refractivity contribution in [1.29, 1.82) is 0 Å². The van der Waals surface area contributed by atoms with Crippen LogP contribution in [0.15, 0.2) is 33.8 Å². The Balaban J connectivity index is 2.17. The third kappa shape index (κ3) is 2.71. The number of hydrogen-bond acceptors (Lipinski definition) is 6. The molecular weight excluding hydrogens is 224 g/mol. The Kier molecular flexibility index (Phi) is 2.91. The molecule has 2 heterocycles. The molecule has 0 N–H and O–H groups in total. The molecule has 0 amide bonds. The lowest BCUT2D eigenvalue weighted by Crippen LogP contribution is -1.85. The lowest BCUT2D eigenvalue weighted by atomic mass is 10.4. The van der Waals surface area contributed by atoms with Crippen LogP contribution in [0.2, 0.25) is 0 Å². The third-order valence-electron chi connectivity index (χ3n) is 1.88. The average Bonchev–Trinajstić information content (AvgIpc) is 2.75. The molecule has 17 heavy (non-hydrogen) atoms. The van der Waals surface area contributed by atoms with E-state index in [1.165, 1.54) is 18.3 Å². The van der Waals surface area contributed by atoms with Gasteiger partial charge >= 0.3 is 5.88 Å². The van der Waals surface area contributed by atoms with Crippen LogP contribution in [0.4, 0.5) is 11.8 Å². The highest BCUT2D eigenvalue weighted by molar-refractivity contribution is 5.78. The van der Waals surface area contributed by atoms with Crippen LogP contribution < -0.4 is 0 Å². The maximum absolute atomic E-state index is 10.4. The molecule has 0 saturated heterocycles. The fourth-order valence-electron chi connectivity index (χ4n) is 1.13. The van der Waals surface area contributed by atoms with Gasteiger partial charge in [0.2, 0.25) is 5.95 Å². The highest BCUT2D eigenvalue weighted by Gasteiger charge is 2.10. The summed E-state index contributed by atoms with van der Waals surface area (Å²) in [5.74, 6) is 0.238. The lowest BCUT2D eigenvalue weighted by Gasteiger charge is -1.91. The number of rotatable bonds is 3. The molecule has 0 aliphatic rings. The summed E-state index contributed by atoms with van der Waals surface area (Å²) in [6, 6.07) is 4.46. The molecule has 0 aliphatic heterocycles. The van der Waals surface area contributed by atoms with Gasteiger partial charge in [-0.2, -0.15) is 0 Å². The molecule has 0 saturated carbocycles. The number of aryl methyl sites for hydroxylation is 1. The van der Waals surface area contributed by atoms with E-state index in [2.05, 4.69) is 15.0 Å². The number of nitro groups is 1. The minimum absolute atomic E-state index is 0.279. The molecule has 7 nitrogen and oxygen atoms in total. The van der Waals surface area contributed by atoms with Crippen molar-refractivity contribution in [2.75, 3.05) is 0 Å². The van der Waals surface area contributed by atoms with E-state index in [4.69, 9.17) is 4.42 Å². The molecule has 2 aromatic heterocycles. The van der Waals surface area contributed by atoms with Crippen LogP contribution in [0.25, 0.3) is 0 Å². The fourth-order valence-corrected chi connectivity index (χ4v) is 1.13. The lowest BCUT2D eigenvalue weighted by molar-refractivity contribution is -0.402. The zero-order valence-corrected chi connectivity index (χ0v) is 8.90. The molecule has 0 unspecified atom stereocenters. The van der Waals surface area contributed by atoms with Gasteiger partial charge in [-0.25, -0.2) is 15.0 Å². The molecule has 0 radical (unpaired) electrons. The van der Waals surface area contributed by atoms with Crippen LogP contribution in [0.5, 0.6) is 0 Å². The van der Waals surface area contributed by atoms with E-state index in [0.717, 1.165) is 5.69 Å². The number of nitrogens with zero attached hydrogens (tertiary/aromatic N) is 4. The summed E-state index contributed by atoms with van der Waals surface area (Å²) in [5, 5.41) is 10.4. The van der Waals surface area contributed by atoms with Crippen LogP contribution in [0, 0.1) is 17.0 Å². The van der Waals surface area contributed by atoms with Crippen LogP contribution >= 0.6 is 0 Å². The highest BCUT2D eigenvalue weighted by atomic mass is 16.6. The predicted molar refractivity (Wildman–Crippen MR) is 59.4 cm³/mol. The molecule has 0 aliphatic carbocycles. The second kappa shape index (κ2) is 4.52. The monoisotopic (exact) mass is 232 g/mol. The predicted octanol–water partition coefficient (Wildman–Crippen LogP) is 2.04. The number of aromatic nitrogens is 2. The Hall–Kier alpha value is -2.57. The van der Waals surface area contributed by atoms with Gasteiger partial charge < -0.3 is 4.42 Å². The first-order chi connectivity index (χ1) is 8.15. The average molecular weight is 232 g/mol. The zero-order chi connectivity index (χ0) is 12.3.